The summed E-state index contributed by atoms with van der Waals surface area (Å²) in [6.45, 7) is 7.84. The van der Waals surface area contributed by atoms with E-state index >= 15 is 0 Å². The zero-order chi connectivity index (χ0) is 25.9. The van der Waals surface area contributed by atoms with Gasteiger partial charge in [0.25, 0.3) is 0 Å². The maximum atomic E-state index is 8.75. The number of hydrogen-bond donors (Lipinski definition) is 0. The Kier molecular flexibility index (Phi) is 4.49. The van der Waals surface area contributed by atoms with Crippen molar-refractivity contribution in [1.29, 1.82) is 0 Å². The molecule has 0 aliphatic heterocycles. The van der Waals surface area contributed by atoms with Gasteiger partial charge >= 0.3 is 0 Å². The molecule has 6 aromatic rings. The highest BCUT2D eigenvalue weighted by Crippen LogP contribution is 2.39. The van der Waals surface area contributed by atoms with Gasteiger partial charge in [-0.3, -0.25) is 4.98 Å². The van der Waals surface area contributed by atoms with Crippen LogP contribution in [0.15, 0.2) is 95.5 Å². The van der Waals surface area contributed by atoms with E-state index in [1.807, 2.05) is 32.9 Å². The van der Waals surface area contributed by atoms with E-state index in [1.165, 1.54) is 16.3 Å². The van der Waals surface area contributed by atoms with Crippen LogP contribution >= 0.6 is 0 Å². The normalized spacial score (nSPS) is 13.4. The Balaban J connectivity index is 1.55. The molecule has 0 fully saturated rings. The van der Waals surface area contributed by atoms with Crippen LogP contribution in [0.5, 0.6) is 0 Å². The van der Waals surface area contributed by atoms with E-state index in [9.17, 15) is 0 Å². The molecule has 0 amide bonds. The highest BCUT2D eigenvalue weighted by Gasteiger charge is 2.17. The van der Waals surface area contributed by atoms with Crippen LogP contribution in [0, 0.1) is 12.3 Å². The van der Waals surface area contributed by atoms with Gasteiger partial charge in [0.15, 0.2) is 0 Å². The third-order valence-corrected chi connectivity index (χ3v) is 6.37. The van der Waals surface area contributed by atoms with E-state index in [-0.39, 0.29) is 0 Å². The maximum Gasteiger partial charge on any atom is 0.144 e. The van der Waals surface area contributed by atoms with E-state index in [0.717, 1.165) is 38.6 Å². The Labute approximate surface area is 209 Å². The minimum atomic E-state index is -1.51. The fourth-order valence-corrected chi connectivity index (χ4v) is 4.95. The van der Waals surface area contributed by atoms with Crippen LogP contribution in [-0.2, 0) is 6.37 Å². The van der Waals surface area contributed by atoms with Crippen molar-refractivity contribution in [2.75, 3.05) is 0 Å². The molecule has 2 heteroatoms. The van der Waals surface area contributed by atoms with Gasteiger partial charge in [-0.05, 0) is 88.1 Å². The second-order valence-electron chi connectivity index (χ2n) is 10.3. The number of fused-ring (bicyclic) bond motifs is 4. The number of benzene rings is 4. The zero-order valence-corrected chi connectivity index (χ0v) is 20.5. The van der Waals surface area contributed by atoms with E-state index in [0.29, 0.717) is 11.3 Å². The van der Waals surface area contributed by atoms with Gasteiger partial charge in [0.05, 0.1) is 5.69 Å². The smallest absolute Gasteiger partial charge is 0.144 e. The third-order valence-electron chi connectivity index (χ3n) is 6.37. The Morgan fingerprint density at radius 3 is 2.49 bits per heavy atom. The third kappa shape index (κ3) is 4.00. The van der Waals surface area contributed by atoms with Gasteiger partial charge in [-0.15, -0.1) is 0 Å². The van der Waals surface area contributed by atoms with Gasteiger partial charge in [-0.1, -0.05) is 69.3 Å². The predicted octanol–water partition coefficient (Wildman–Crippen LogP) is 9.37. The van der Waals surface area contributed by atoms with E-state index < -0.39 is 11.8 Å². The molecule has 0 bridgehead atoms. The van der Waals surface area contributed by atoms with E-state index in [1.54, 1.807) is 12.3 Å². The molecule has 0 N–H and O–H groups in total. The van der Waals surface area contributed by atoms with Gasteiger partial charge < -0.3 is 4.42 Å². The lowest BCUT2D eigenvalue weighted by Gasteiger charge is -2.18. The molecule has 4 aromatic carbocycles. The first-order valence-corrected chi connectivity index (χ1v) is 12.1. The molecular formula is C33H29NO. The highest BCUT2D eigenvalue weighted by molar-refractivity contribution is 6.11. The largest absolute Gasteiger partial charge is 0.455 e. The summed E-state index contributed by atoms with van der Waals surface area (Å²) in [6, 6.07) is 29.1. The first-order valence-electron chi connectivity index (χ1n) is 13.1. The fourth-order valence-electron chi connectivity index (χ4n) is 4.95. The number of hydrogen-bond acceptors (Lipinski definition) is 2. The minimum Gasteiger partial charge on any atom is -0.455 e. The first-order chi connectivity index (χ1) is 17.6. The topological polar surface area (TPSA) is 26.0 Å². The number of pyridine rings is 1. The molecule has 35 heavy (non-hydrogen) atoms. The summed E-state index contributed by atoms with van der Waals surface area (Å²) in [5.41, 5.74) is 6.71. The average molecular weight is 458 g/mol. The van der Waals surface area contributed by atoms with Crippen LogP contribution in [0.1, 0.15) is 34.6 Å². The molecule has 0 aliphatic rings. The van der Waals surface area contributed by atoms with Crippen LogP contribution in [-0.4, -0.2) is 4.98 Å². The van der Waals surface area contributed by atoms with Crippen LogP contribution in [0.4, 0.5) is 0 Å². The van der Waals surface area contributed by atoms with Crippen LogP contribution in [0.2, 0.25) is 0 Å². The van der Waals surface area contributed by atoms with Crippen molar-refractivity contribution in [3.8, 4) is 22.4 Å². The number of nitrogens with zero attached hydrogens (tertiary/aromatic N) is 1. The molecule has 0 unspecified atom stereocenters. The summed E-state index contributed by atoms with van der Waals surface area (Å²) >= 11 is 0. The van der Waals surface area contributed by atoms with E-state index in [2.05, 4.69) is 78.6 Å². The summed E-state index contributed by atoms with van der Waals surface area (Å²) in [6.07, 6.45) is 0.193. The van der Waals surface area contributed by atoms with Crippen molar-refractivity contribution in [3.63, 3.8) is 0 Å². The van der Waals surface area contributed by atoms with Crippen molar-refractivity contribution in [3.05, 3.63) is 102 Å². The Hall–Kier alpha value is -3.91. The average Bonchev–Trinajstić information content (AvgIpc) is 3.25. The standard InChI is InChI=1S/C33H29NO/c1-21-16-28-27-19-24(26-11-7-9-23-8-5-6-10-25(23)26)12-13-31(27)35-32(28)29(17-21)30-18-22(14-15-34-30)20-33(2,3)4/h5-19H,20H2,1-4H3/i20D2. The monoisotopic (exact) mass is 457 g/mol. The minimum absolute atomic E-state index is 0.551. The lowest BCUT2D eigenvalue weighted by Crippen LogP contribution is -2.09. The van der Waals surface area contributed by atoms with E-state index in [4.69, 9.17) is 7.16 Å². The summed E-state index contributed by atoms with van der Waals surface area (Å²) in [4.78, 5) is 4.64. The molecule has 172 valence electrons. The predicted molar refractivity (Wildman–Crippen MR) is 148 cm³/mol. The molecule has 6 rings (SSSR count). The van der Waals surface area contributed by atoms with Gasteiger partial charge in [-0.25, -0.2) is 0 Å². The van der Waals surface area contributed by atoms with Crippen LogP contribution < -0.4 is 0 Å². The number of aromatic nitrogens is 1. The molecule has 0 atom stereocenters. The summed E-state index contributed by atoms with van der Waals surface area (Å²) in [7, 11) is 0. The Morgan fingerprint density at radius 2 is 1.63 bits per heavy atom. The van der Waals surface area contributed by atoms with Crippen molar-refractivity contribution in [2.45, 2.75) is 34.1 Å². The molecule has 0 saturated heterocycles. The fraction of sp³-hybridized carbons (Fsp3) is 0.182. The maximum absolute atomic E-state index is 8.75. The first kappa shape index (κ1) is 19.4. The Bertz CT molecular complexity index is 1800. The molecule has 0 saturated carbocycles. The van der Waals surface area contributed by atoms with Crippen molar-refractivity contribution in [2.24, 2.45) is 5.41 Å². The van der Waals surface area contributed by atoms with Gasteiger partial charge in [0.1, 0.15) is 11.2 Å². The number of rotatable bonds is 3. The molecule has 2 nitrogen and oxygen atoms in total. The second kappa shape index (κ2) is 8.09. The van der Waals surface area contributed by atoms with Gasteiger partial charge in [-0.2, -0.15) is 0 Å². The van der Waals surface area contributed by atoms with Crippen molar-refractivity contribution >= 4 is 32.7 Å². The molecular weight excluding hydrogens is 426 g/mol. The quantitative estimate of drug-likeness (QED) is 0.264. The second-order valence-corrected chi connectivity index (χ2v) is 10.3. The van der Waals surface area contributed by atoms with Gasteiger partial charge in [0.2, 0.25) is 0 Å². The molecule has 0 radical (unpaired) electrons. The number of furan rings is 1. The summed E-state index contributed by atoms with van der Waals surface area (Å²) in [5.74, 6) is 0. The number of aryl methyl sites for hydroxylation is 1. The summed E-state index contributed by atoms with van der Waals surface area (Å²) in [5, 5.41) is 4.55. The zero-order valence-electron chi connectivity index (χ0n) is 22.5. The van der Waals surface area contributed by atoms with Crippen LogP contribution in [0.3, 0.4) is 0 Å². The van der Waals surface area contributed by atoms with Crippen LogP contribution in [0.25, 0.3) is 55.1 Å². The van der Waals surface area contributed by atoms with Crippen molar-refractivity contribution < 1.29 is 7.16 Å². The molecule has 2 heterocycles. The molecule has 0 spiro atoms. The van der Waals surface area contributed by atoms with Gasteiger partial charge in [0, 0.05) is 25.3 Å². The Morgan fingerprint density at radius 1 is 0.800 bits per heavy atom. The highest BCUT2D eigenvalue weighted by atomic mass is 16.3. The lowest BCUT2D eigenvalue weighted by molar-refractivity contribution is 0.411. The SMILES string of the molecule is [2H]C([2H])(c1ccnc(-c2cc(C)cc3c2oc2ccc(-c4cccc5ccccc45)cc23)c1)C(C)(C)C. The lowest BCUT2D eigenvalue weighted by atomic mass is 9.88. The van der Waals surface area contributed by atoms with Crippen molar-refractivity contribution in [1.82, 2.24) is 4.98 Å². The summed E-state index contributed by atoms with van der Waals surface area (Å²) < 4.78 is 23.9. The molecule has 0 aliphatic carbocycles. The molecule has 2 aromatic heterocycles.